The Morgan fingerprint density at radius 3 is 2.00 bits per heavy atom. The quantitative estimate of drug-likeness (QED) is 0.855. The van der Waals surface area contributed by atoms with Crippen LogP contribution in [-0.2, 0) is 5.41 Å². The van der Waals surface area contributed by atoms with Gasteiger partial charge < -0.3 is 11.1 Å². The molecule has 108 valence electrons. The van der Waals surface area contributed by atoms with Gasteiger partial charge in [0.25, 0.3) is 0 Å². The summed E-state index contributed by atoms with van der Waals surface area (Å²) >= 11 is 0. The average molecular weight is 262 g/mol. The number of nitrogens with one attached hydrogen (secondary N) is 1. The zero-order valence-electron chi connectivity index (χ0n) is 13.6. The lowest BCUT2D eigenvalue weighted by Crippen LogP contribution is -2.50. The second kappa shape index (κ2) is 5.64. The molecule has 0 aliphatic rings. The van der Waals surface area contributed by atoms with Crippen molar-refractivity contribution in [1.29, 1.82) is 0 Å². The van der Waals surface area contributed by atoms with Gasteiger partial charge in [-0.2, -0.15) is 0 Å². The van der Waals surface area contributed by atoms with Gasteiger partial charge in [-0.15, -0.1) is 0 Å². The molecule has 1 rings (SSSR count). The first-order chi connectivity index (χ1) is 8.59. The molecule has 0 atom stereocenters. The maximum Gasteiger partial charge on any atom is 0.0247 e. The van der Waals surface area contributed by atoms with Crippen LogP contribution in [0, 0.1) is 20.8 Å². The summed E-state index contributed by atoms with van der Waals surface area (Å²) in [5.41, 5.74) is 11.4. The number of aryl methyl sites for hydroxylation is 3. The first-order valence-corrected chi connectivity index (χ1v) is 7.12. The lowest BCUT2D eigenvalue weighted by atomic mass is 9.80. The second-order valence-electron chi connectivity index (χ2n) is 7.08. The summed E-state index contributed by atoms with van der Waals surface area (Å²) in [6.45, 7) is 17.0. The van der Waals surface area contributed by atoms with Crippen LogP contribution in [0.15, 0.2) is 12.1 Å². The maximum absolute atomic E-state index is 5.79. The Bertz CT molecular complexity index is 445. The molecule has 0 aliphatic carbocycles. The smallest absolute Gasteiger partial charge is 0.0247 e. The van der Waals surface area contributed by atoms with E-state index < -0.39 is 0 Å². The summed E-state index contributed by atoms with van der Waals surface area (Å²) in [5.74, 6) is 0. The van der Waals surface area contributed by atoms with E-state index in [1.165, 1.54) is 22.3 Å². The Hall–Kier alpha value is -0.860. The van der Waals surface area contributed by atoms with Gasteiger partial charge in [-0.3, -0.25) is 0 Å². The van der Waals surface area contributed by atoms with Gasteiger partial charge >= 0.3 is 0 Å². The van der Waals surface area contributed by atoms with Gasteiger partial charge in [-0.1, -0.05) is 26.0 Å². The predicted octanol–water partition coefficient (Wildman–Crippen LogP) is 3.22. The number of hydrogen-bond donors (Lipinski definition) is 2. The van der Waals surface area contributed by atoms with E-state index >= 15 is 0 Å². The van der Waals surface area contributed by atoms with Gasteiger partial charge in [0.2, 0.25) is 0 Å². The molecule has 0 amide bonds. The summed E-state index contributed by atoms with van der Waals surface area (Å²) in [6.07, 6.45) is 0. The first kappa shape index (κ1) is 16.2. The summed E-state index contributed by atoms with van der Waals surface area (Å²) in [4.78, 5) is 0. The predicted molar refractivity (Wildman–Crippen MR) is 84.8 cm³/mol. The SMILES string of the molecule is Cc1cc(C)c(C(C)(C)CNC(C)(C)CN)cc1C. The van der Waals surface area contributed by atoms with Crippen molar-refractivity contribution in [3.63, 3.8) is 0 Å². The zero-order chi connectivity index (χ0) is 14.8. The van der Waals surface area contributed by atoms with Crippen LogP contribution in [0.2, 0.25) is 0 Å². The minimum Gasteiger partial charge on any atom is -0.329 e. The number of benzene rings is 1. The van der Waals surface area contributed by atoms with E-state index in [0.717, 1.165) is 6.54 Å². The van der Waals surface area contributed by atoms with Gasteiger partial charge in [-0.05, 0) is 56.9 Å². The fourth-order valence-corrected chi connectivity index (χ4v) is 2.32. The number of rotatable bonds is 5. The van der Waals surface area contributed by atoms with Gasteiger partial charge in [0.1, 0.15) is 0 Å². The molecular formula is C17H30N2. The molecule has 19 heavy (non-hydrogen) atoms. The summed E-state index contributed by atoms with van der Waals surface area (Å²) in [7, 11) is 0. The summed E-state index contributed by atoms with van der Waals surface area (Å²) in [5, 5.41) is 3.58. The second-order valence-corrected chi connectivity index (χ2v) is 7.08. The summed E-state index contributed by atoms with van der Waals surface area (Å²) in [6, 6.07) is 4.63. The number of hydrogen-bond acceptors (Lipinski definition) is 2. The highest BCUT2D eigenvalue weighted by atomic mass is 15.0. The minimum atomic E-state index is -0.00901. The van der Waals surface area contributed by atoms with E-state index in [1.54, 1.807) is 0 Å². The normalized spacial score (nSPS) is 12.8. The van der Waals surface area contributed by atoms with Crippen molar-refractivity contribution in [1.82, 2.24) is 5.32 Å². The van der Waals surface area contributed by atoms with Crippen LogP contribution in [0.1, 0.15) is 49.9 Å². The molecule has 0 bridgehead atoms. The Balaban J connectivity index is 2.97. The lowest BCUT2D eigenvalue weighted by Gasteiger charge is -2.33. The Kier molecular flexibility index (Phi) is 4.81. The molecule has 2 nitrogen and oxygen atoms in total. The van der Waals surface area contributed by atoms with Gasteiger partial charge in [0, 0.05) is 24.0 Å². The third kappa shape index (κ3) is 4.05. The molecule has 0 radical (unpaired) electrons. The molecule has 2 heteroatoms. The third-order valence-electron chi connectivity index (χ3n) is 4.09. The lowest BCUT2D eigenvalue weighted by molar-refractivity contribution is 0.346. The first-order valence-electron chi connectivity index (χ1n) is 7.12. The van der Waals surface area contributed by atoms with Crippen LogP contribution < -0.4 is 11.1 Å². The Morgan fingerprint density at radius 2 is 1.47 bits per heavy atom. The molecule has 1 aromatic rings. The summed E-state index contributed by atoms with van der Waals surface area (Å²) < 4.78 is 0. The molecule has 3 N–H and O–H groups in total. The Morgan fingerprint density at radius 1 is 0.947 bits per heavy atom. The monoisotopic (exact) mass is 262 g/mol. The van der Waals surface area contributed by atoms with Gasteiger partial charge in [-0.25, -0.2) is 0 Å². The molecule has 0 spiro atoms. The van der Waals surface area contributed by atoms with Crippen LogP contribution >= 0.6 is 0 Å². The van der Waals surface area contributed by atoms with Crippen molar-refractivity contribution >= 4 is 0 Å². The highest BCUT2D eigenvalue weighted by molar-refractivity contribution is 5.40. The average Bonchev–Trinajstić information content (AvgIpc) is 2.31. The van der Waals surface area contributed by atoms with Crippen molar-refractivity contribution in [3.8, 4) is 0 Å². The molecule has 0 aliphatic heterocycles. The van der Waals surface area contributed by atoms with Crippen LogP contribution in [0.25, 0.3) is 0 Å². The molecule has 0 saturated carbocycles. The number of nitrogens with two attached hydrogens (primary N) is 1. The topological polar surface area (TPSA) is 38.0 Å². The zero-order valence-corrected chi connectivity index (χ0v) is 13.6. The van der Waals surface area contributed by atoms with E-state index in [1.807, 2.05) is 0 Å². The molecule has 0 heterocycles. The van der Waals surface area contributed by atoms with Crippen LogP contribution in [0.3, 0.4) is 0 Å². The van der Waals surface area contributed by atoms with Crippen molar-refractivity contribution in [2.24, 2.45) is 5.73 Å². The van der Waals surface area contributed by atoms with Crippen LogP contribution in [0.5, 0.6) is 0 Å². The third-order valence-corrected chi connectivity index (χ3v) is 4.09. The highest BCUT2D eigenvalue weighted by Gasteiger charge is 2.26. The van der Waals surface area contributed by atoms with Crippen LogP contribution in [0.4, 0.5) is 0 Å². The minimum absolute atomic E-state index is 0.00901. The van der Waals surface area contributed by atoms with E-state index in [-0.39, 0.29) is 11.0 Å². The molecule has 0 saturated heterocycles. The molecule has 0 unspecified atom stereocenters. The van der Waals surface area contributed by atoms with Crippen LogP contribution in [-0.4, -0.2) is 18.6 Å². The molecule has 0 fully saturated rings. The molecule has 0 aromatic heterocycles. The van der Waals surface area contributed by atoms with Crippen molar-refractivity contribution in [3.05, 3.63) is 34.4 Å². The van der Waals surface area contributed by atoms with Crippen molar-refractivity contribution < 1.29 is 0 Å². The molecular weight excluding hydrogens is 232 g/mol. The van der Waals surface area contributed by atoms with E-state index in [0.29, 0.717) is 6.54 Å². The van der Waals surface area contributed by atoms with Crippen molar-refractivity contribution in [2.45, 2.75) is 59.4 Å². The Labute approximate surface area is 118 Å². The van der Waals surface area contributed by atoms with E-state index in [2.05, 4.69) is 65.9 Å². The fraction of sp³-hybridized carbons (Fsp3) is 0.647. The maximum atomic E-state index is 5.79. The largest absolute Gasteiger partial charge is 0.329 e. The van der Waals surface area contributed by atoms with Gasteiger partial charge in [0.05, 0.1) is 0 Å². The fourth-order valence-electron chi connectivity index (χ4n) is 2.32. The van der Waals surface area contributed by atoms with Gasteiger partial charge in [0.15, 0.2) is 0 Å². The van der Waals surface area contributed by atoms with Crippen molar-refractivity contribution in [2.75, 3.05) is 13.1 Å². The standard InChI is InChI=1S/C17H30N2/c1-12-8-14(3)15(9-13(12)2)16(4,5)11-19-17(6,7)10-18/h8-9,19H,10-11,18H2,1-7H3. The van der Waals surface area contributed by atoms with E-state index in [4.69, 9.17) is 5.73 Å². The highest BCUT2D eigenvalue weighted by Crippen LogP contribution is 2.28. The molecule has 1 aromatic carbocycles. The van der Waals surface area contributed by atoms with E-state index in [9.17, 15) is 0 Å².